The number of nitrogens with one attached hydrogen (secondary N) is 2. The minimum atomic E-state index is -5.88. The van der Waals surface area contributed by atoms with E-state index >= 15 is 0 Å². The predicted octanol–water partition coefficient (Wildman–Crippen LogP) is 5.12. The van der Waals surface area contributed by atoms with E-state index in [1.807, 2.05) is 0 Å². The summed E-state index contributed by atoms with van der Waals surface area (Å²) in [5.74, 6) is -0.590. The van der Waals surface area contributed by atoms with Gasteiger partial charge < -0.3 is 15.4 Å². The Hall–Kier alpha value is -3.33. The minimum absolute atomic E-state index is 0.192. The average molecular weight is 544 g/mol. The van der Waals surface area contributed by atoms with Crippen molar-refractivity contribution in [2.45, 2.75) is 31.4 Å². The van der Waals surface area contributed by atoms with Crippen LogP contribution in [0, 0.1) is 0 Å². The van der Waals surface area contributed by atoms with E-state index in [1.54, 1.807) is 13.0 Å². The molecule has 17 heteroatoms. The van der Waals surface area contributed by atoms with E-state index in [1.165, 1.54) is 23.4 Å². The summed E-state index contributed by atoms with van der Waals surface area (Å²) in [6.45, 7) is 1.56. The van der Waals surface area contributed by atoms with Crippen LogP contribution in [0.4, 0.5) is 36.8 Å². The first-order chi connectivity index (χ1) is 16.3. The van der Waals surface area contributed by atoms with E-state index in [2.05, 4.69) is 35.4 Å². The van der Waals surface area contributed by atoms with Gasteiger partial charge in [0.25, 0.3) is 12.1 Å². The molecule has 2 aromatic heterocycles. The largest absolute Gasteiger partial charge is 0.439 e. The number of rotatable bonds is 7. The van der Waals surface area contributed by atoms with E-state index < -0.39 is 46.3 Å². The highest BCUT2D eigenvalue weighted by Crippen LogP contribution is 2.41. The van der Waals surface area contributed by atoms with Crippen molar-refractivity contribution in [3.63, 3.8) is 0 Å². The Morgan fingerprint density at radius 2 is 1.74 bits per heavy atom. The smallest absolute Gasteiger partial charge is 0.428 e. The molecule has 0 spiro atoms. The molecule has 35 heavy (non-hydrogen) atoms. The van der Waals surface area contributed by atoms with Gasteiger partial charge >= 0.3 is 18.3 Å². The topological polar surface area (TPSA) is 107 Å². The second-order valence-corrected chi connectivity index (χ2v) is 7.54. The van der Waals surface area contributed by atoms with Gasteiger partial charge in [0.15, 0.2) is 5.82 Å². The number of urea groups is 1. The summed E-state index contributed by atoms with van der Waals surface area (Å²) in [6.07, 6.45) is -11.6. The summed E-state index contributed by atoms with van der Waals surface area (Å²) >= 11 is 11.7. The quantitative estimate of drug-likeness (QED) is 0.400. The molecular formula is C18H13Cl2F6N7O2. The summed E-state index contributed by atoms with van der Waals surface area (Å²) < 4.78 is 82.1. The Balaban J connectivity index is 1.71. The van der Waals surface area contributed by atoms with E-state index in [-0.39, 0.29) is 17.5 Å². The number of ether oxygens (including phenoxy) is 1. The van der Waals surface area contributed by atoms with Gasteiger partial charge in [-0.05, 0) is 19.1 Å². The number of alkyl halides is 6. The van der Waals surface area contributed by atoms with Crippen LogP contribution < -0.4 is 15.4 Å². The molecule has 0 bridgehead atoms. The number of halogens is 8. The highest BCUT2D eigenvalue weighted by Gasteiger charge is 2.59. The van der Waals surface area contributed by atoms with Crippen molar-refractivity contribution >= 4 is 34.9 Å². The zero-order chi connectivity index (χ0) is 26.0. The molecule has 2 atom stereocenters. The maximum Gasteiger partial charge on any atom is 0.439 e. The highest BCUT2D eigenvalue weighted by molar-refractivity contribution is 6.36. The van der Waals surface area contributed by atoms with Crippen LogP contribution in [-0.2, 0) is 0 Å². The van der Waals surface area contributed by atoms with E-state index in [4.69, 9.17) is 23.2 Å². The molecular weight excluding hydrogens is 531 g/mol. The maximum absolute atomic E-state index is 13.5. The molecule has 0 aliphatic carbocycles. The molecule has 2 N–H and O–H groups in total. The number of aromatic nitrogens is 5. The molecule has 0 aliphatic rings. The maximum atomic E-state index is 13.5. The van der Waals surface area contributed by atoms with Crippen LogP contribution in [-0.4, -0.2) is 49.2 Å². The fraction of sp³-hybridized carbons (Fsp3) is 0.278. The molecule has 188 valence electrons. The Labute approximate surface area is 202 Å². The first-order valence-electron chi connectivity index (χ1n) is 9.31. The highest BCUT2D eigenvalue weighted by atomic mass is 35.5. The predicted molar refractivity (Wildman–Crippen MR) is 111 cm³/mol. The summed E-state index contributed by atoms with van der Waals surface area (Å²) in [7, 11) is 0. The molecule has 9 nitrogen and oxygen atoms in total. The van der Waals surface area contributed by atoms with Crippen LogP contribution in [0.1, 0.15) is 18.8 Å². The van der Waals surface area contributed by atoms with Gasteiger partial charge in [-0.15, -0.1) is 0 Å². The van der Waals surface area contributed by atoms with Crippen LogP contribution in [0.5, 0.6) is 5.75 Å². The number of benzene rings is 1. The van der Waals surface area contributed by atoms with E-state index in [0.29, 0.717) is 6.07 Å². The van der Waals surface area contributed by atoms with Gasteiger partial charge in [0.2, 0.25) is 0 Å². The SMILES string of the molecule is C[C@H](NC(=O)Nc1cc(Cl)c(OC(F)(F)C(F)C(F)(F)F)cc1Cl)c1ncnn1-c1ncccn1. The van der Waals surface area contributed by atoms with Gasteiger partial charge in [-0.1, -0.05) is 23.2 Å². The number of carbonyl (C=O) groups excluding carboxylic acids is 1. The van der Waals surface area contributed by atoms with Crippen LogP contribution in [0.2, 0.25) is 10.0 Å². The number of hydrogen-bond donors (Lipinski definition) is 2. The molecule has 0 saturated carbocycles. The monoisotopic (exact) mass is 543 g/mol. The number of anilines is 1. The zero-order valence-corrected chi connectivity index (χ0v) is 18.7. The molecule has 3 aromatic rings. The lowest BCUT2D eigenvalue weighted by Gasteiger charge is -2.24. The average Bonchev–Trinajstić information content (AvgIpc) is 3.26. The lowest BCUT2D eigenvalue weighted by Crippen LogP contribution is -2.45. The molecule has 0 aliphatic heterocycles. The van der Waals surface area contributed by atoms with Crippen molar-refractivity contribution in [1.29, 1.82) is 0 Å². The van der Waals surface area contributed by atoms with Gasteiger partial charge in [0, 0.05) is 18.5 Å². The molecule has 3 rings (SSSR count). The van der Waals surface area contributed by atoms with Crippen molar-refractivity contribution in [2.24, 2.45) is 0 Å². The van der Waals surface area contributed by atoms with Crippen molar-refractivity contribution in [3.05, 3.63) is 52.8 Å². The van der Waals surface area contributed by atoms with E-state index in [0.717, 1.165) is 6.07 Å². The fourth-order valence-corrected chi connectivity index (χ4v) is 3.01. The Morgan fingerprint density at radius 1 is 1.09 bits per heavy atom. The lowest BCUT2D eigenvalue weighted by molar-refractivity contribution is -0.304. The molecule has 2 amide bonds. The first-order valence-corrected chi connectivity index (χ1v) is 10.1. The number of carbonyl (C=O) groups is 1. The molecule has 1 unspecified atom stereocenters. The third-order valence-electron chi connectivity index (χ3n) is 4.15. The normalized spacial score (nSPS) is 13.7. The second kappa shape index (κ2) is 10.1. The first kappa shape index (κ1) is 26.3. The van der Waals surface area contributed by atoms with Crippen molar-refractivity contribution in [3.8, 4) is 11.7 Å². The number of amides is 2. The van der Waals surface area contributed by atoms with Crippen LogP contribution >= 0.6 is 23.2 Å². The summed E-state index contributed by atoms with van der Waals surface area (Å²) in [4.78, 5) is 24.5. The van der Waals surface area contributed by atoms with Gasteiger partial charge in [-0.3, -0.25) is 0 Å². The molecule has 2 heterocycles. The molecule has 0 fully saturated rings. The Kier molecular flexibility index (Phi) is 7.59. The van der Waals surface area contributed by atoms with Gasteiger partial charge in [-0.25, -0.2) is 24.1 Å². The minimum Gasteiger partial charge on any atom is -0.428 e. The van der Waals surface area contributed by atoms with Crippen molar-refractivity contribution in [2.75, 3.05) is 5.32 Å². The summed E-state index contributed by atoms with van der Waals surface area (Å²) in [5, 5.41) is 7.68. The number of hydrogen-bond acceptors (Lipinski definition) is 6. The third-order valence-corrected chi connectivity index (χ3v) is 4.76. The molecule has 1 aromatic carbocycles. The third kappa shape index (κ3) is 6.22. The standard InChI is InChI=1S/C18H13Cl2F6N7O2/c1-8(13-29-7-30-33(13)15-27-3-2-4-28-15)31-16(34)32-11-5-10(20)12(6-9(11)19)35-18(25,26)14(21)17(22,23)24/h2-8,14H,1H3,(H2,31,32,34)/t8-,14?/m0/s1. The van der Waals surface area contributed by atoms with Crippen LogP contribution in [0.15, 0.2) is 36.9 Å². The zero-order valence-electron chi connectivity index (χ0n) is 17.2. The Morgan fingerprint density at radius 3 is 2.37 bits per heavy atom. The Bertz CT molecular complexity index is 1200. The molecule has 0 radical (unpaired) electrons. The van der Waals surface area contributed by atoms with Crippen molar-refractivity contribution < 1.29 is 35.9 Å². The van der Waals surface area contributed by atoms with Crippen LogP contribution in [0.3, 0.4) is 0 Å². The van der Waals surface area contributed by atoms with Gasteiger partial charge in [0.05, 0.1) is 21.8 Å². The van der Waals surface area contributed by atoms with Gasteiger partial charge in [-0.2, -0.15) is 31.7 Å². The second-order valence-electron chi connectivity index (χ2n) is 6.73. The van der Waals surface area contributed by atoms with E-state index in [9.17, 15) is 31.1 Å². The number of nitrogens with zero attached hydrogens (tertiary/aromatic N) is 5. The summed E-state index contributed by atoms with van der Waals surface area (Å²) in [6, 6.07) is 1.43. The molecule has 0 saturated heterocycles. The van der Waals surface area contributed by atoms with Crippen LogP contribution in [0.25, 0.3) is 5.95 Å². The van der Waals surface area contributed by atoms with Gasteiger partial charge in [0.1, 0.15) is 12.1 Å². The van der Waals surface area contributed by atoms with Crippen molar-refractivity contribution in [1.82, 2.24) is 30.0 Å². The lowest BCUT2D eigenvalue weighted by atomic mass is 10.3. The summed E-state index contributed by atoms with van der Waals surface area (Å²) in [5.41, 5.74) is -0.211. The fourth-order valence-electron chi connectivity index (χ4n) is 2.61.